The van der Waals surface area contributed by atoms with Crippen molar-refractivity contribution in [2.75, 3.05) is 37.1 Å². The van der Waals surface area contributed by atoms with Gasteiger partial charge in [0.25, 0.3) is 11.7 Å². The van der Waals surface area contributed by atoms with Crippen LogP contribution in [-0.4, -0.2) is 44.1 Å². The van der Waals surface area contributed by atoms with Crippen LogP contribution in [0.5, 0.6) is 11.5 Å². The number of carbonyl (C=O) groups is 2. The van der Waals surface area contributed by atoms with Crippen molar-refractivity contribution < 1.29 is 24.2 Å². The second-order valence-corrected chi connectivity index (χ2v) is 9.42. The van der Waals surface area contributed by atoms with Crippen molar-refractivity contribution in [3.8, 4) is 11.5 Å². The molecule has 4 rings (SSSR count). The molecular weight excluding hydrogens is 527 g/mol. The van der Waals surface area contributed by atoms with E-state index < -0.39 is 23.5 Å². The van der Waals surface area contributed by atoms with Gasteiger partial charge < -0.3 is 19.5 Å². The summed E-state index contributed by atoms with van der Waals surface area (Å²) < 4.78 is 10.5. The van der Waals surface area contributed by atoms with Gasteiger partial charge in [0, 0.05) is 36.1 Å². The molecule has 0 aliphatic carbocycles. The van der Waals surface area contributed by atoms with Gasteiger partial charge in [-0.3, -0.25) is 14.5 Å². The van der Waals surface area contributed by atoms with E-state index in [4.69, 9.17) is 32.7 Å². The molecule has 1 atom stereocenters. The normalized spacial score (nSPS) is 16.6. The predicted octanol–water partition coefficient (Wildman–Crippen LogP) is 6.48. The molecular formula is C29H28Cl2N2O5. The lowest BCUT2D eigenvalue weighted by atomic mass is 9.94. The SMILES string of the molecule is CCN(CC)c1ccc(C2/C(=C(\O)c3cc(Cl)c(OC)c(Cl)c3)C(=O)C(=O)N2c2cccc(OC)c2)cc1. The topological polar surface area (TPSA) is 79.3 Å². The number of carbonyl (C=O) groups excluding carboxylic acids is 2. The molecule has 1 N–H and O–H groups in total. The summed E-state index contributed by atoms with van der Waals surface area (Å²) in [5, 5.41) is 11.7. The molecule has 198 valence electrons. The summed E-state index contributed by atoms with van der Waals surface area (Å²) in [7, 11) is 2.95. The van der Waals surface area contributed by atoms with Crippen molar-refractivity contribution >= 4 is 52.0 Å². The number of hydrogen-bond acceptors (Lipinski definition) is 6. The number of nitrogens with zero attached hydrogens (tertiary/aromatic N) is 2. The Hall–Kier alpha value is -3.68. The number of amides is 1. The van der Waals surface area contributed by atoms with E-state index >= 15 is 0 Å². The Balaban J connectivity index is 1.93. The van der Waals surface area contributed by atoms with E-state index in [1.165, 1.54) is 31.3 Å². The van der Waals surface area contributed by atoms with Crippen molar-refractivity contribution in [3.63, 3.8) is 0 Å². The Bertz CT molecular complexity index is 1380. The number of ketones is 1. The lowest BCUT2D eigenvalue weighted by Crippen LogP contribution is -2.29. The third-order valence-corrected chi connectivity index (χ3v) is 7.15. The van der Waals surface area contributed by atoms with E-state index in [1.54, 1.807) is 24.3 Å². The van der Waals surface area contributed by atoms with E-state index in [0.717, 1.165) is 18.8 Å². The molecule has 38 heavy (non-hydrogen) atoms. The Morgan fingerprint density at radius 3 is 2.13 bits per heavy atom. The highest BCUT2D eigenvalue weighted by atomic mass is 35.5. The zero-order valence-corrected chi connectivity index (χ0v) is 23.0. The lowest BCUT2D eigenvalue weighted by Gasteiger charge is -2.27. The van der Waals surface area contributed by atoms with E-state index in [0.29, 0.717) is 17.0 Å². The molecule has 1 saturated heterocycles. The third kappa shape index (κ3) is 4.91. The zero-order valence-electron chi connectivity index (χ0n) is 21.5. The molecule has 1 heterocycles. The molecule has 1 amide bonds. The molecule has 0 spiro atoms. The standard InChI is InChI=1S/C29H28Cl2N2O5/c1-5-32(6-2)19-12-10-17(11-13-19)25-24(26(34)18-14-22(30)28(38-4)23(31)15-18)27(35)29(36)33(25)20-8-7-9-21(16-20)37-3/h7-16,25,34H,5-6H2,1-4H3/b26-24+. The maximum atomic E-state index is 13.5. The highest BCUT2D eigenvalue weighted by Crippen LogP contribution is 2.44. The van der Waals surface area contributed by atoms with Gasteiger partial charge in [-0.15, -0.1) is 0 Å². The molecule has 1 aliphatic rings. The Morgan fingerprint density at radius 1 is 0.947 bits per heavy atom. The van der Waals surface area contributed by atoms with Gasteiger partial charge in [-0.05, 0) is 55.8 Å². The number of rotatable bonds is 8. The van der Waals surface area contributed by atoms with Gasteiger partial charge in [0.15, 0.2) is 5.75 Å². The van der Waals surface area contributed by atoms with E-state index in [1.807, 2.05) is 24.3 Å². The lowest BCUT2D eigenvalue weighted by molar-refractivity contribution is -0.132. The Labute approximate surface area is 231 Å². The monoisotopic (exact) mass is 554 g/mol. The number of Topliss-reactive ketones (excluding diaryl/α,β-unsaturated/α-hetero) is 1. The van der Waals surface area contributed by atoms with E-state index in [-0.39, 0.29) is 26.9 Å². The number of hydrogen-bond donors (Lipinski definition) is 1. The molecule has 0 radical (unpaired) electrons. The van der Waals surface area contributed by atoms with Gasteiger partial charge in [0.05, 0.1) is 35.9 Å². The smallest absolute Gasteiger partial charge is 0.300 e. The summed E-state index contributed by atoms with van der Waals surface area (Å²) in [4.78, 5) is 30.5. The van der Waals surface area contributed by atoms with Crippen LogP contribution in [0, 0.1) is 0 Å². The van der Waals surface area contributed by atoms with Gasteiger partial charge in [0.1, 0.15) is 11.5 Å². The molecule has 3 aromatic rings. The quantitative estimate of drug-likeness (QED) is 0.195. The van der Waals surface area contributed by atoms with Crippen LogP contribution in [0.15, 0.2) is 66.2 Å². The van der Waals surface area contributed by atoms with Crippen molar-refractivity contribution in [1.82, 2.24) is 0 Å². The average Bonchev–Trinajstić information content (AvgIpc) is 3.19. The van der Waals surface area contributed by atoms with E-state index in [2.05, 4.69) is 18.7 Å². The summed E-state index contributed by atoms with van der Waals surface area (Å²) in [6.45, 7) is 5.80. The maximum absolute atomic E-state index is 13.5. The fraction of sp³-hybridized carbons (Fsp3) is 0.241. The second-order valence-electron chi connectivity index (χ2n) is 8.61. The molecule has 7 nitrogen and oxygen atoms in total. The first-order chi connectivity index (χ1) is 18.2. The van der Waals surface area contributed by atoms with Crippen molar-refractivity contribution in [2.45, 2.75) is 19.9 Å². The van der Waals surface area contributed by atoms with Crippen molar-refractivity contribution in [1.29, 1.82) is 0 Å². The molecule has 0 bridgehead atoms. The largest absolute Gasteiger partial charge is 0.507 e. The zero-order chi connectivity index (χ0) is 27.6. The van der Waals surface area contributed by atoms with Crippen molar-refractivity contribution in [2.24, 2.45) is 0 Å². The Morgan fingerprint density at radius 2 is 1.58 bits per heavy atom. The first kappa shape index (κ1) is 27.4. The van der Waals surface area contributed by atoms with Crippen LogP contribution < -0.4 is 19.3 Å². The number of methoxy groups -OCH3 is 2. The summed E-state index contributed by atoms with van der Waals surface area (Å²) in [6.07, 6.45) is 0. The molecule has 1 aliphatic heterocycles. The average molecular weight is 555 g/mol. The minimum atomic E-state index is -0.910. The van der Waals surface area contributed by atoms with E-state index in [9.17, 15) is 14.7 Å². The van der Waals surface area contributed by atoms with Crippen molar-refractivity contribution in [3.05, 3.63) is 87.4 Å². The minimum absolute atomic E-state index is 0.0780. The van der Waals surface area contributed by atoms with Crippen LogP contribution in [0.1, 0.15) is 31.0 Å². The number of aliphatic hydroxyl groups is 1. The number of halogens is 2. The highest BCUT2D eigenvalue weighted by molar-refractivity contribution is 6.51. The molecule has 0 aromatic heterocycles. The summed E-state index contributed by atoms with van der Waals surface area (Å²) in [5.41, 5.74) is 2.22. The molecule has 9 heteroatoms. The highest BCUT2D eigenvalue weighted by Gasteiger charge is 2.47. The van der Waals surface area contributed by atoms with Crippen LogP contribution in [0.3, 0.4) is 0 Å². The molecule has 3 aromatic carbocycles. The summed E-state index contributed by atoms with van der Waals surface area (Å²) in [6, 6.07) is 16.4. The van der Waals surface area contributed by atoms with Gasteiger partial charge in [-0.25, -0.2) is 0 Å². The molecule has 1 unspecified atom stereocenters. The van der Waals surface area contributed by atoms with Crippen LogP contribution in [0.2, 0.25) is 10.0 Å². The fourth-order valence-corrected chi connectivity index (χ4v) is 5.32. The first-order valence-electron chi connectivity index (χ1n) is 12.1. The number of aliphatic hydroxyl groups excluding tert-OH is 1. The Kier molecular flexibility index (Phi) is 8.19. The second kappa shape index (κ2) is 11.4. The van der Waals surface area contributed by atoms with Gasteiger partial charge in [-0.1, -0.05) is 41.4 Å². The summed E-state index contributed by atoms with van der Waals surface area (Å²) >= 11 is 12.6. The summed E-state index contributed by atoms with van der Waals surface area (Å²) in [5.74, 6) is -1.23. The minimum Gasteiger partial charge on any atom is -0.507 e. The molecule has 0 saturated carbocycles. The van der Waals surface area contributed by atoms with Gasteiger partial charge in [-0.2, -0.15) is 0 Å². The number of anilines is 2. The number of ether oxygens (including phenoxy) is 2. The first-order valence-corrected chi connectivity index (χ1v) is 12.8. The maximum Gasteiger partial charge on any atom is 0.300 e. The van der Waals surface area contributed by atoms with Crippen LogP contribution in [0.25, 0.3) is 5.76 Å². The van der Waals surface area contributed by atoms with Gasteiger partial charge >= 0.3 is 0 Å². The third-order valence-electron chi connectivity index (χ3n) is 6.59. The fourth-order valence-electron chi connectivity index (χ4n) is 4.68. The van der Waals surface area contributed by atoms with Crippen LogP contribution in [0.4, 0.5) is 11.4 Å². The predicted molar refractivity (Wildman–Crippen MR) is 151 cm³/mol. The number of benzene rings is 3. The van der Waals surface area contributed by atoms with Crippen LogP contribution in [-0.2, 0) is 9.59 Å². The van der Waals surface area contributed by atoms with Crippen LogP contribution >= 0.6 is 23.2 Å². The van der Waals surface area contributed by atoms with Gasteiger partial charge in [0.2, 0.25) is 0 Å². The molecule has 1 fully saturated rings.